The lowest BCUT2D eigenvalue weighted by Gasteiger charge is -2.46. The number of likely N-dealkylation sites (N-methyl/N-ethyl adjacent to an activating group) is 1. The summed E-state index contributed by atoms with van der Waals surface area (Å²) in [7, 11) is 3.83. The van der Waals surface area contributed by atoms with E-state index in [-0.39, 0.29) is 5.60 Å². The molecule has 0 amide bonds. The van der Waals surface area contributed by atoms with Gasteiger partial charge in [0.15, 0.2) is 0 Å². The van der Waals surface area contributed by atoms with Crippen molar-refractivity contribution in [3.05, 3.63) is 28.3 Å². The molecule has 1 N–H and O–H groups in total. The zero-order valence-corrected chi connectivity index (χ0v) is 12.9. The Morgan fingerprint density at radius 3 is 2.85 bits per heavy atom. The van der Waals surface area contributed by atoms with E-state index < -0.39 is 0 Å². The van der Waals surface area contributed by atoms with Gasteiger partial charge in [0.05, 0.1) is 12.2 Å². The zero-order chi connectivity index (χ0) is 14.2. The van der Waals surface area contributed by atoms with E-state index in [4.69, 9.17) is 21.1 Å². The van der Waals surface area contributed by atoms with Crippen molar-refractivity contribution in [2.45, 2.75) is 43.7 Å². The maximum Gasteiger partial charge on any atom is 0.125 e. The second-order valence-corrected chi connectivity index (χ2v) is 6.26. The molecular weight excluding hydrogens is 274 g/mol. The van der Waals surface area contributed by atoms with Crippen LogP contribution in [0.1, 0.15) is 30.4 Å². The highest BCUT2D eigenvalue weighted by Crippen LogP contribution is 2.41. The number of hydrogen-bond donors (Lipinski definition) is 1. The highest BCUT2D eigenvalue weighted by Gasteiger charge is 2.44. The molecule has 0 radical (unpaired) electrons. The zero-order valence-electron chi connectivity index (χ0n) is 12.2. The topological polar surface area (TPSA) is 30.5 Å². The Morgan fingerprint density at radius 2 is 2.25 bits per heavy atom. The fourth-order valence-electron chi connectivity index (χ4n) is 3.49. The Hall–Kier alpha value is -0.770. The third-order valence-corrected chi connectivity index (χ3v) is 5.06. The van der Waals surface area contributed by atoms with Gasteiger partial charge in [-0.1, -0.05) is 11.6 Å². The van der Waals surface area contributed by atoms with Crippen molar-refractivity contribution in [3.63, 3.8) is 0 Å². The van der Waals surface area contributed by atoms with Crippen LogP contribution >= 0.6 is 11.6 Å². The molecule has 0 aromatic heterocycles. The van der Waals surface area contributed by atoms with Crippen LogP contribution in [0.15, 0.2) is 12.1 Å². The summed E-state index contributed by atoms with van der Waals surface area (Å²) in [6, 6.07) is 4.36. The first-order valence-electron chi connectivity index (χ1n) is 7.35. The maximum atomic E-state index is 6.24. The first-order chi connectivity index (χ1) is 9.68. The Labute approximate surface area is 125 Å². The van der Waals surface area contributed by atoms with Gasteiger partial charge in [-0.2, -0.15) is 0 Å². The van der Waals surface area contributed by atoms with E-state index in [0.717, 1.165) is 43.1 Å². The third-order valence-electron chi connectivity index (χ3n) is 4.84. The summed E-state index contributed by atoms with van der Waals surface area (Å²) in [6.45, 7) is 0.766. The van der Waals surface area contributed by atoms with Gasteiger partial charge in [0, 0.05) is 24.6 Å². The number of hydrogen-bond acceptors (Lipinski definition) is 3. The molecule has 1 atom stereocenters. The summed E-state index contributed by atoms with van der Waals surface area (Å²) in [5, 5.41) is 4.24. The van der Waals surface area contributed by atoms with Crippen LogP contribution in [-0.2, 0) is 17.6 Å². The molecule has 20 heavy (non-hydrogen) atoms. The van der Waals surface area contributed by atoms with Crippen molar-refractivity contribution in [3.8, 4) is 5.75 Å². The molecule has 0 spiro atoms. The fourth-order valence-corrected chi connectivity index (χ4v) is 3.75. The van der Waals surface area contributed by atoms with Gasteiger partial charge in [-0.15, -0.1) is 0 Å². The van der Waals surface area contributed by atoms with E-state index >= 15 is 0 Å². The van der Waals surface area contributed by atoms with E-state index in [9.17, 15) is 0 Å². The third kappa shape index (κ3) is 2.32. The SMILES string of the molecule is CNC(Cc1cc(Cl)cc2c1OCC2)C1(OC)CCC1. The van der Waals surface area contributed by atoms with Crippen molar-refractivity contribution in [1.82, 2.24) is 5.32 Å². The largest absolute Gasteiger partial charge is 0.493 e. The number of ether oxygens (including phenoxy) is 2. The van der Waals surface area contributed by atoms with Crippen molar-refractivity contribution in [1.29, 1.82) is 0 Å². The fraction of sp³-hybridized carbons (Fsp3) is 0.625. The summed E-state index contributed by atoms with van der Waals surface area (Å²) in [5.74, 6) is 1.04. The Kier molecular flexibility index (Phi) is 3.93. The number of benzene rings is 1. The van der Waals surface area contributed by atoms with Gasteiger partial charge in [-0.25, -0.2) is 0 Å². The Bertz CT molecular complexity index is 494. The summed E-state index contributed by atoms with van der Waals surface area (Å²) in [6.07, 6.45) is 5.35. The van der Waals surface area contributed by atoms with E-state index in [2.05, 4.69) is 5.32 Å². The van der Waals surface area contributed by atoms with Gasteiger partial charge in [0.25, 0.3) is 0 Å². The predicted octanol–water partition coefficient (Wildman–Crippen LogP) is 2.97. The van der Waals surface area contributed by atoms with E-state index in [1.807, 2.05) is 26.3 Å². The van der Waals surface area contributed by atoms with Crippen LogP contribution in [0.2, 0.25) is 5.02 Å². The molecule has 2 aliphatic rings. The first kappa shape index (κ1) is 14.2. The standard InChI is InChI=1S/C16H22ClNO2/c1-18-14(16(19-2)5-3-6-16)10-12-9-13(17)8-11-4-7-20-15(11)12/h8-9,14,18H,3-7,10H2,1-2H3. The van der Waals surface area contributed by atoms with Crippen molar-refractivity contribution in [2.24, 2.45) is 0 Å². The quantitative estimate of drug-likeness (QED) is 0.906. The molecule has 0 bridgehead atoms. The average molecular weight is 296 g/mol. The number of fused-ring (bicyclic) bond motifs is 1. The van der Waals surface area contributed by atoms with Crippen LogP contribution in [0.5, 0.6) is 5.75 Å². The van der Waals surface area contributed by atoms with Gasteiger partial charge in [-0.05, 0) is 56.0 Å². The van der Waals surface area contributed by atoms with Crippen LogP contribution in [0.4, 0.5) is 0 Å². The molecule has 1 aromatic carbocycles. The number of halogens is 1. The molecule has 3 nitrogen and oxygen atoms in total. The minimum atomic E-state index is -0.0252. The first-order valence-corrected chi connectivity index (χ1v) is 7.73. The summed E-state index contributed by atoms with van der Waals surface area (Å²) in [5.41, 5.74) is 2.41. The average Bonchev–Trinajstić information content (AvgIpc) is 2.84. The monoisotopic (exact) mass is 295 g/mol. The molecule has 4 heteroatoms. The number of rotatable bonds is 5. The lowest BCUT2D eigenvalue weighted by atomic mass is 9.72. The molecule has 1 aliphatic heterocycles. The van der Waals surface area contributed by atoms with Crippen LogP contribution in [-0.4, -0.2) is 32.4 Å². The highest BCUT2D eigenvalue weighted by molar-refractivity contribution is 6.30. The molecule has 0 saturated heterocycles. The minimum Gasteiger partial charge on any atom is -0.493 e. The molecule has 1 unspecified atom stereocenters. The van der Waals surface area contributed by atoms with Gasteiger partial charge >= 0.3 is 0 Å². The Balaban J connectivity index is 1.86. The second-order valence-electron chi connectivity index (χ2n) is 5.82. The molecule has 1 aromatic rings. The molecule has 1 fully saturated rings. The molecule has 1 saturated carbocycles. The lowest BCUT2D eigenvalue weighted by molar-refractivity contribution is -0.0967. The maximum absolute atomic E-state index is 6.24. The van der Waals surface area contributed by atoms with Crippen LogP contribution in [0, 0.1) is 0 Å². The van der Waals surface area contributed by atoms with E-state index in [0.29, 0.717) is 6.04 Å². The summed E-state index contributed by atoms with van der Waals surface area (Å²) in [4.78, 5) is 0. The smallest absolute Gasteiger partial charge is 0.125 e. The van der Waals surface area contributed by atoms with Gasteiger partial charge < -0.3 is 14.8 Å². The van der Waals surface area contributed by atoms with E-state index in [1.165, 1.54) is 17.5 Å². The summed E-state index contributed by atoms with van der Waals surface area (Å²) >= 11 is 6.24. The van der Waals surface area contributed by atoms with Gasteiger partial charge in [0.1, 0.15) is 5.75 Å². The van der Waals surface area contributed by atoms with Crippen molar-refractivity contribution >= 4 is 11.6 Å². The van der Waals surface area contributed by atoms with Gasteiger partial charge in [0.2, 0.25) is 0 Å². The van der Waals surface area contributed by atoms with Crippen LogP contribution < -0.4 is 10.1 Å². The minimum absolute atomic E-state index is 0.0252. The molecule has 3 rings (SSSR count). The Morgan fingerprint density at radius 1 is 1.45 bits per heavy atom. The van der Waals surface area contributed by atoms with Crippen LogP contribution in [0.3, 0.4) is 0 Å². The number of nitrogens with one attached hydrogen (secondary N) is 1. The molecule has 1 aliphatic carbocycles. The van der Waals surface area contributed by atoms with E-state index in [1.54, 1.807) is 0 Å². The molecule has 110 valence electrons. The predicted molar refractivity (Wildman–Crippen MR) is 80.8 cm³/mol. The van der Waals surface area contributed by atoms with Crippen molar-refractivity contribution < 1.29 is 9.47 Å². The van der Waals surface area contributed by atoms with Crippen LogP contribution in [0.25, 0.3) is 0 Å². The molecular formula is C16H22ClNO2. The lowest BCUT2D eigenvalue weighted by Crippen LogP contribution is -2.56. The number of methoxy groups -OCH3 is 1. The highest BCUT2D eigenvalue weighted by atomic mass is 35.5. The normalized spacial score (nSPS) is 20.9. The second kappa shape index (κ2) is 5.55. The van der Waals surface area contributed by atoms with Crippen molar-refractivity contribution in [2.75, 3.05) is 20.8 Å². The summed E-state index contributed by atoms with van der Waals surface area (Å²) < 4.78 is 11.6. The van der Waals surface area contributed by atoms with Gasteiger partial charge in [-0.3, -0.25) is 0 Å². The molecule has 1 heterocycles.